The van der Waals surface area contributed by atoms with Crippen molar-refractivity contribution in [3.05, 3.63) is 59.7 Å². The molecule has 0 bridgehead atoms. The first kappa shape index (κ1) is 24.3. The van der Waals surface area contributed by atoms with Crippen LogP contribution < -0.4 is 5.32 Å². The lowest BCUT2D eigenvalue weighted by Crippen LogP contribution is -2.43. The van der Waals surface area contributed by atoms with Gasteiger partial charge in [-0.05, 0) is 34.6 Å². The van der Waals surface area contributed by atoms with Gasteiger partial charge in [0.05, 0.1) is 0 Å². The molecule has 0 aromatic heterocycles. The fraction of sp³-hybridized carbons (Fsp3) is 0.423. The van der Waals surface area contributed by atoms with Crippen molar-refractivity contribution in [3.8, 4) is 11.1 Å². The zero-order valence-corrected chi connectivity index (χ0v) is 19.4. The molecule has 2 aromatic carbocycles. The van der Waals surface area contributed by atoms with Crippen LogP contribution in [-0.4, -0.2) is 53.7 Å². The Morgan fingerprint density at radius 3 is 2.12 bits per heavy atom. The molecule has 176 valence electrons. The van der Waals surface area contributed by atoms with E-state index in [1.165, 1.54) is 4.90 Å². The van der Waals surface area contributed by atoms with Crippen LogP contribution in [0.5, 0.6) is 0 Å². The van der Waals surface area contributed by atoms with Crippen LogP contribution in [0.4, 0.5) is 4.79 Å². The Balaban J connectivity index is 1.59. The number of alkyl carbamates (subject to hydrolysis) is 1. The minimum atomic E-state index is -1.05. The van der Waals surface area contributed by atoms with E-state index in [4.69, 9.17) is 9.84 Å². The summed E-state index contributed by atoms with van der Waals surface area (Å²) < 4.78 is 5.57. The number of carbonyl (C=O) groups is 3. The van der Waals surface area contributed by atoms with Crippen molar-refractivity contribution < 1.29 is 24.2 Å². The van der Waals surface area contributed by atoms with Crippen molar-refractivity contribution >= 4 is 18.0 Å². The van der Waals surface area contributed by atoms with Crippen molar-refractivity contribution in [1.82, 2.24) is 10.2 Å². The molecule has 7 heteroatoms. The summed E-state index contributed by atoms with van der Waals surface area (Å²) in [5, 5.41) is 11.9. The van der Waals surface area contributed by atoms with Crippen LogP contribution in [0.25, 0.3) is 11.1 Å². The van der Waals surface area contributed by atoms with E-state index in [-0.39, 0.29) is 37.3 Å². The van der Waals surface area contributed by atoms with E-state index in [1.54, 1.807) is 0 Å². The van der Waals surface area contributed by atoms with Gasteiger partial charge in [0.1, 0.15) is 13.2 Å². The van der Waals surface area contributed by atoms with E-state index in [9.17, 15) is 14.4 Å². The lowest BCUT2D eigenvalue weighted by Gasteiger charge is -2.25. The van der Waals surface area contributed by atoms with Crippen LogP contribution in [0.3, 0.4) is 0 Å². The minimum Gasteiger partial charge on any atom is -0.480 e. The molecule has 0 spiro atoms. The van der Waals surface area contributed by atoms with Crippen molar-refractivity contribution in [1.29, 1.82) is 0 Å². The van der Waals surface area contributed by atoms with E-state index < -0.39 is 18.1 Å². The van der Waals surface area contributed by atoms with E-state index in [0.717, 1.165) is 22.3 Å². The molecule has 0 radical (unpaired) electrons. The maximum atomic E-state index is 12.7. The van der Waals surface area contributed by atoms with E-state index in [1.807, 2.05) is 45.0 Å². The summed E-state index contributed by atoms with van der Waals surface area (Å²) in [6, 6.07) is 15.8. The fourth-order valence-corrected chi connectivity index (χ4v) is 4.30. The Kier molecular flexibility index (Phi) is 8.09. The number of carbonyl (C=O) groups excluding carboxylic acids is 2. The third-order valence-electron chi connectivity index (χ3n) is 5.84. The average molecular weight is 453 g/mol. The number of ether oxygens (including phenoxy) is 1. The maximum absolute atomic E-state index is 12.7. The first-order chi connectivity index (χ1) is 15.8. The molecule has 0 unspecified atom stereocenters. The van der Waals surface area contributed by atoms with Gasteiger partial charge in [-0.15, -0.1) is 0 Å². The highest BCUT2D eigenvalue weighted by Gasteiger charge is 2.29. The van der Waals surface area contributed by atoms with Crippen LogP contribution >= 0.6 is 0 Å². The second kappa shape index (κ2) is 11.0. The smallest absolute Gasteiger partial charge is 0.407 e. The molecule has 3 rings (SSSR count). The van der Waals surface area contributed by atoms with Crippen LogP contribution in [-0.2, 0) is 14.3 Å². The topological polar surface area (TPSA) is 95.9 Å². The van der Waals surface area contributed by atoms with E-state index >= 15 is 0 Å². The number of nitrogens with one attached hydrogen (secondary N) is 1. The number of carboxylic acids is 1. The number of aliphatic carboxylic acids is 1. The zero-order valence-electron chi connectivity index (χ0n) is 19.4. The molecular formula is C26H32N2O5. The largest absolute Gasteiger partial charge is 0.480 e. The fourth-order valence-electron chi connectivity index (χ4n) is 4.30. The van der Waals surface area contributed by atoms with Crippen molar-refractivity contribution in [3.63, 3.8) is 0 Å². The third-order valence-corrected chi connectivity index (χ3v) is 5.84. The lowest BCUT2D eigenvalue weighted by atomic mass is 9.98. The Labute approximate surface area is 194 Å². The van der Waals surface area contributed by atoms with Crippen molar-refractivity contribution in [2.24, 2.45) is 5.92 Å². The average Bonchev–Trinajstić information content (AvgIpc) is 3.10. The summed E-state index contributed by atoms with van der Waals surface area (Å²) >= 11 is 0. The molecule has 0 heterocycles. The first-order valence-electron chi connectivity index (χ1n) is 11.4. The summed E-state index contributed by atoms with van der Waals surface area (Å²) in [5.74, 6) is -1.25. The van der Waals surface area contributed by atoms with Gasteiger partial charge >= 0.3 is 12.1 Å². The van der Waals surface area contributed by atoms with Gasteiger partial charge in [0.15, 0.2) is 0 Å². The number of rotatable bonds is 10. The second-order valence-electron chi connectivity index (χ2n) is 8.84. The molecule has 2 N–H and O–H groups in total. The summed E-state index contributed by atoms with van der Waals surface area (Å²) in [4.78, 5) is 37.7. The molecule has 1 aliphatic rings. The van der Waals surface area contributed by atoms with Crippen LogP contribution in [0.15, 0.2) is 48.5 Å². The van der Waals surface area contributed by atoms with Gasteiger partial charge in [0.2, 0.25) is 5.91 Å². The summed E-state index contributed by atoms with van der Waals surface area (Å²) in [7, 11) is 0. The van der Waals surface area contributed by atoms with Gasteiger partial charge < -0.3 is 20.1 Å². The summed E-state index contributed by atoms with van der Waals surface area (Å²) in [6.07, 6.45) is -0.0238. The molecule has 2 amide bonds. The zero-order chi connectivity index (χ0) is 24.0. The maximum Gasteiger partial charge on any atom is 0.407 e. The number of benzene rings is 2. The van der Waals surface area contributed by atoms with Crippen LogP contribution in [0.2, 0.25) is 0 Å². The molecule has 33 heavy (non-hydrogen) atoms. The molecule has 0 saturated heterocycles. The van der Waals surface area contributed by atoms with Gasteiger partial charge in [-0.25, -0.2) is 4.79 Å². The monoisotopic (exact) mass is 452 g/mol. The Hall–Kier alpha value is -3.35. The molecule has 2 aromatic rings. The van der Waals surface area contributed by atoms with Crippen molar-refractivity contribution in [2.75, 3.05) is 19.7 Å². The van der Waals surface area contributed by atoms with Gasteiger partial charge in [-0.2, -0.15) is 0 Å². The molecule has 0 aliphatic heterocycles. The standard InChI is InChI=1S/C26H32N2O5/c1-4-18(13-24(29)28(14-17(2)3)15-25(30)31)27-26(32)33-16-23-21-11-7-5-9-19(21)20-10-6-8-12-22(20)23/h5-12,17-18,23H,4,13-16H2,1-3H3,(H,27,32)(H,30,31)/t18-/m0/s1. The number of hydrogen-bond acceptors (Lipinski definition) is 4. The minimum absolute atomic E-state index is 0.0285. The Bertz CT molecular complexity index is 958. The second-order valence-corrected chi connectivity index (χ2v) is 8.84. The number of fused-ring (bicyclic) bond motifs is 3. The number of amides is 2. The molecule has 1 atom stereocenters. The number of nitrogens with zero attached hydrogens (tertiary/aromatic N) is 1. The predicted molar refractivity (Wildman–Crippen MR) is 126 cm³/mol. The highest BCUT2D eigenvalue weighted by atomic mass is 16.5. The van der Waals surface area contributed by atoms with Gasteiger partial charge in [-0.1, -0.05) is 69.3 Å². The normalized spacial score (nSPS) is 13.2. The Morgan fingerprint density at radius 1 is 1.03 bits per heavy atom. The third kappa shape index (κ3) is 6.12. The van der Waals surface area contributed by atoms with E-state index in [0.29, 0.717) is 13.0 Å². The van der Waals surface area contributed by atoms with Crippen LogP contribution in [0, 0.1) is 5.92 Å². The molecule has 7 nitrogen and oxygen atoms in total. The van der Waals surface area contributed by atoms with Gasteiger partial charge in [-0.3, -0.25) is 9.59 Å². The number of hydrogen-bond donors (Lipinski definition) is 2. The summed E-state index contributed by atoms with van der Waals surface area (Å²) in [5.41, 5.74) is 4.57. The van der Waals surface area contributed by atoms with Gasteiger partial charge in [0, 0.05) is 24.9 Å². The SMILES string of the molecule is CC[C@@H](CC(=O)N(CC(=O)O)CC(C)C)NC(=O)OCC1c2ccccc2-c2ccccc21. The predicted octanol–water partition coefficient (Wildman–Crippen LogP) is 4.26. The highest BCUT2D eigenvalue weighted by molar-refractivity contribution is 5.82. The summed E-state index contributed by atoms with van der Waals surface area (Å²) in [6.45, 7) is 5.92. The van der Waals surface area contributed by atoms with Crippen LogP contribution in [0.1, 0.15) is 50.7 Å². The van der Waals surface area contributed by atoms with Gasteiger partial charge in [0.25, 0.3) is 0 Å². The number of carboxylic acid groups (broad SMARTS) is 1. The van der Waals surface area contributed by atoms with Crippen molar-refractivity contribution in [2.45, 2.75) is 45.6 Å². The quantitative estimate of drug-likeness (QED) is 0.561. The molecule has 1 aliphatic carbocycles. The Morgan fingerprint density at radius 2 is 1.61 bits per heavy atom. The molecular weight excluding hydrogens is 420 g/mol. The molecule has 0 fully saturated rings. The van der Waals surface area contributed by atoms with E-state index in [2.05, 4.69) is 29.6 Å². The molecule has 0 saturated carbocycles. The first-order valence-corrected chi connectivity index (χ1v) is 11.4. The lowest BCUT2D eigenvalue weighted by molar-refractivity contribution is -0.145. The highest BCUT2D eigenvalue weighted by Crippen LogP contribution is 2.44.